The highest BCUT2D eigenvalue weighted by Crippen LogP contribution is 2.33. The van der Waals surface area contributed by atoms with Gasteiger partial charge in [-0.1, -0.05) is 32.0 Å². The van der Waals surface area contributed by atoms with Crippen molar-refractivity contribution in [3.8, 4) is 11.1 Å². The Morgan fingerprint density at radius 1 is 1.07 bits per heavy atom. The van der Waals surface area contributed by atoms with E-state index in [1.165, 1.54) is 6.07 Å². The van der Waals surface area contributed by atoms with Gasteiger partial charge in [-0.15, -0.1) is 0 Å². The number of carboxylic acid groups (broad SMARTS) is 1. The van der Waals surface area contributed by atoms with Crippen LogP contribution in [-0.4, -0.2) is 52.9 Å². The topological polar surface area (TPSA) is 74.6 Å². The van der Waals surface area contributed by atoms with E-state index in [1.807, 2.05) is 63.9 Å². The lowest BCUT2D eigenvalue weighted by molar-refractivity contribution is -0.137. The number of carbonyl (C=O) groups is 1. The van der Waals surface area contributed by atoms with Gasteiger partial charge in [0.25, 0.3) is 5.56 Å². The Kier molecular flexibility index (Phi) is 10.5. The first-order valence-electron chi connectivity index (χ1n) is 14.9. The number of alkyl halides is 1. The summed E-state index contributed by atoms with van der Waals surface area (Å²) >= 11 is 0. The van der Waals surface area contributed by atoms with E-state index in [0.29, 0.717) is 38.0 Å². The summed E-state index contributed by atoms with van der Waals surface area (Å²) < 4.78 is 45.3. The Hall–Kier alpha value is -3.43. The van der Waals surface area contributed by atoms with Gasteiger partial charge in [-0.25, -0.2) is 13.2 Å². The Morgan fingerprint density at radius 2 is 1.74 bits per heavy atom. The molecule has 0 saturated carbocycles. The molecule has 0 radical (unpaired) electrons. The number of pyridine rings is 1. The molecular weight excluding hydrogens is 555 g/mol. The zero-order valence-corrected chi connectivity index (χ0v) is 25.6. The number of hydrogen-bond acceptors (Lipinski definition) is 4. The smallest absolute Gasteiger partial charge is 0.305 e. The van der Waals surface area contributed by atoms with E-state index >= 15 is 8.78 Å². The van der Waals surface area contributed by atoms with Crippen LogP contribution in [0, 0.1) is 38.3 Å². The number of nitrogens with zero attached hydrogens (tertiary/aromatic N) is 2. The lowest BCUT2D eigenvalue weighted by Crippen LogP contribution is -2.49. The van der Waals surface area contributed by atoms with Crippen LogP contribution >= 0.6 is 0 Å². The van der Waals surface area contributed by atoms with Crippen LogP contribution in [-0.2, 0) is 11.2 Å². The first-order valence-corrected chi connectivity index (χ1v) is 14.9. The maximum absolute atomic E-state index is 15.3. The minimum absolute atomic E-state index is 0.0685. The van der Waals surface area contributed by atoms with Gasteiger partial charge in [0, 0.05) is 56.1 Å². The average Bonchev–Trinajstić information content (AvgIpc) is 2.90. The lowest BCUT2D eigenvalue weighted by Gasteiger charge is -2.34. The van der Waals surface area contributed by atoms with Gasteiger partial charge in [-0.05, 0) is 85.0 Å². The van der Waals surface area contributed by atoms with Crippen molar-refractivity contribution < 1.29 is 23.1 Å². The second kappa shape index (κ2) is 13.9. The Bertz CT molecular complexity index is 1490. The van der Waals surface area contributed by atoms with Gasteiger partial charge in [-0.2, -0.15) is 0 Å². The van der Waals surface area contributed by atoms with Crippen molar-refractivity contribution >= 4 is 5.97 Å². The number of hydrogen-bond donors (Lipinski definition) is 2. The summed E-state index contributed by atoms with van der Waals surface area (Å²) in [6, 6.07) is 8.54. The molecule has 1 aliphatic rings. The molecule has 6 nitrogen and oxygen atoms in total. The third kappa shape index (κ3) is 7.95. The fraction of sp³-hybridized carbons (Fsp3) is 0.471. The fourth-order valence-electron chi connectivity index (χ4n) is 6.06. The molecule has 1 fully saturated rings. The molecule has 0 aliphatic carbocycles. The van der Waals surface area contributed by atoms with Crippen molar-refractivity contribution in [1.82, 2.24) is 14.8 Å². The minimum Gasteiger partial charge on any atom is -0.481 e. The second-order valence-corrected chi connectivity index (χ2v) is 12.3. The molecule has 3 aromatic rings. The van der Waals surface area contributed by atoms with Crippen LogP contribution in [0.4, 0.5) is 13.2 Å². The first kappa shape index (κ1) is 32.5. The summed E-state index contributed by atoms with van der Waals surface area (Å²) in [6.07, 6.45) is 1.85. The van der Waals surface area contributed by atoms with Crippen molar-refractivity contribution in [1.29, 1.82) is 0 Å². The highest BCUT2D eigenvalue weighted by molar-refractivity contribution is 5.72. The van der Waals surface area contributed by atoms with Crippen molar-refractivity contribution in [3.63, 3.8) is 0 Å². The summed E-state index contributed by atoms with van der Waals surface area (Å²) in [5, 5.41) is 12.9. The Morgan fingerprint density at radius 3 is 2.35 bits per heavy atom. The van der Waals surface area contributed by atoms with E-state index in [2.05, 4.69) is 5.32 Å². The van der Waals surface area contributed by atoms with Gasteiger partial charge in [0.2, 0.25) is 0 Å². The van der Waals surface area contributed by atoms with Crippen LogP contribution in [0.2, 0.25) is 0 Å². The molecule has 9 heteroatoms. The van der Waals surface area contributed by atoms with E-state index in [0.717, 1.165) is 33.9 Å². The van der Waals surface area contributed by atoms with Gasteiger partial charge in [0.15, 0.2) is 11.6 Å². The number of halogens is 3. The van der Waals surface area contributed by atoms with Crippen molar-refractivity contribution in [2.75, 3.05) is 26.2 Å². The number of likely N-dealkylation sites (tertiary alicyclic amines) is 1. The van der Waals surface area contributed by atoms with E-state index < -0.39 is 36.2 Å². The van der Waals surface area contributed by atoms with Crippen molar-refractivity contribution in [2.24, 2.45) is 5.92 Å². The van der Waals surface area contributed by atoms with Crippen LogP contribution in [0.5, 0.6) is 0 Å². The number of aryl methyl sites for hydroxylation is 3. The van der Waals surface area contributed by atoms with Crippen LogP contribution in [0.15, 0.2) is 47.4 Å². The Labute approximate surface area is 251 Å². The summed E-state index contributed by atoms with van der Waals surface area (Å²) in [6.45, 7) is 11.4. The molecule has 4 rings (SSSR count). The number of carboxylic acids is 1. The molecule has 0 amide bonds. The van der Waals surface area contributed by atoms with Gasteiger partial charge in [-0.3, -0.25) is 14.5 Å². The number of nitrogens with one attached hydrogen (secondary N) is 1. The zero-order valence-electron chi connectivity index (χ0n) is 25.6. The summed E-state index contributed by atoms with van der Waals surface area (Å²) in [7, 11) is 0. The monoisotopic (exact) mass is 597 g/mol. The summed E-state index contributed by atoms with van der Waals surface area (Å²) in [5.74, 6) is -3.10. The third-order valence-electron chi connectivity index (χ3n) is 8.32. The van der Waals surface area contributed by atoms with E-state index in [9.17, 15) is 19.1 Å². The molecule has 2 N–H and O–H groups in total. The molecule has 0 bridgehead atoms. The summed E-state index contributed by atoms with van der Waals surface area (Å²) in [4.78, 5) is 27.1. The van der Waals surface area contributed by atoms with Crippen LogP contribution < -0.4 is 10.9 Å². The third-order valence-corrected chi connectivity index (χ3v) is 8.32. The second-order valence-electron chi connectivity index (χ2n) is 12.3. The SMILES string of the molecule is Cc1cc(=O)n(C(CNC(CC(=O)O)c2cc(-c3c(C)cccc3C)cc(F)c2F)CC(C)C)cc1CCN1CC(F)C1. The molecule has 1 aliphatic heterocycles. The van der Waals surface area contributed by atoms with E-state index in [1.54, 1.807) is 10.6 Å². The standard InChI is InChI=1S/C34H42F3N3O3/c1-20(2)11-27(40-17-24(23(5)12-31(40)41)9-10-39-18-26(35)19-39)16-38-30(15-32(42)43)28-13-25(14-29(36)34(28)37)33-21(3)7-6-8-22(33)4/h6-8,12-14,17,20,26-27,30,38H,9-11,15-16,18-19H2,1-5H3,(H,42,43). The molecule has 2 heterocycles. The van der Waals surface area contributed by atoms with E-state index in [4.69, 9.17) is 0 Å². The normalized spacial score (nSPS) is 15.5. The molecule has 2 atom stereocenters. The average molecular weight is 598 g/mol. The van der Waals surface area contributed by atoms with Crippen LogP contribution in [0.25, 0.3) is 11.1 Å². The predicted molar refractivity (Wildman–Crippen MR) is 163 cm³/mol. The largest absolute Gasteiger partial charge is 0.481 e. The van der Waals surface area contributed by atoms with E-state index in [-0.39, 0.29) is 29.6 Å². The van der Waals surface area contributed by atoms with Gasteiger partial charge >= 0.3 is 5.97 Å². The highest BCUT2D eigenvalue weighted by atomic mass is 19.2. The van der Waals surface area contributed by atoms with Gasteiger partial charge in [0.05, 0.1) is 6.42 Å². The molecule has 2 aromatic carbocycles. The zero-order chi connectivity index (χ0) is 31.4. The predicted octanol–water partition coefficient (Wildman–Crippen LogP) is 6.31. The maximum Gasteiger partial charge on any atom is 0.305 e. The van der Waals surface area contributed by atoms with Crippen molar-refractivity contribution in [3.05, 3.63) is 92.4 Å². The molecule has 43 heavy (non-hydrogen) atoms. The summed E-state index contributed by atoms with van der Waals surface area (Å²) in [5.41, 5.74) is 4.61. The molecular formula is C34H42F3N3O3. The minimum atomic E-state index is -1.16. The molecule has 2 unspecified atom stereocenters. The number of benzene rings is 2. The highest BCUT2D eigenvalue weighted by Gasteiger charge is 2.27. The quantitative estimate of drug-likeness (QED) is 0.242. The van der Waals surface area contributed by atoms with Crippen molar-refractivity contribution in [2.45, 2.75) is 72.1 Å². The van der Waals surface area contributed by atoms with Crippen LogP contribution in [0.1, 0.15) is 66.6 Å². The lowest BCUT2D eigenvalue weighted by atomic mass is 9.92. The van der Waals surface area contributed by atoms with Crippen LogP contribution in [0.3, 0.4) is 0 Å². The molecule has 0 spiro atoms. The fourth-order valence-corrected chi connectivity index (χ4v) is 6.06. The molecule has 1 aromatic heterocycles. The number of rotatable bonds is 13. The number of aliphatic carboxylic acids is 1. The first-order chi connectivity index (χ1) is 20.3. The molecule has 1 saturated heterocycles. The number of aromatic nitrogens is 1. The van der Waals surface area contributed by atoms with Gasteiger partial charge in [0.1, 0.15) is 6.17 Å². The maximum atomic E-state index is 15.3. The Balaban J connectivity index is 1.65. The van der Waals surface area contributed by atoms with Gasteiger partial charge < -0.3 is 15.0 Å². The molecule has 232 valence electrons.